The van der Waals surface area contributed by atoms with Crippen molar-refractivity contribution in [2.75, 3.05) is 0 Å². The fourth-order valence-corrected chi connectivity index (χ4v) is 2.56. The normalized spacial score (nSPS) is 18.6. The Kier molecular flexibility index (Phi) is 3.09. The number of rotatable bonds is 2. The van der Waals surface area contributed by atoms with Gasteiger partial charge in [-0.15, -0.1) is 0 Å². The Morgan fingerprint density at radius 1 is 1.33 bits per heavy atom. The number of hydrogen-bond acceptors (Lipinski definition) is 5. The molecule has 0 aliphatic carbocycles. The summed E-state index contributed by atoms with van der Waals surface area (Å²) in [6.45, 7) is 0. The summed E-state index contributed by atoms with van der Waals surface area (Å²) in [7, 11) is 0. The maximum atomic E-state index is 12.0. The first-order valence-electron chi connectivity index (χ1n) is 6.37. The molecule has 1 fully saturated rings. The van der Waals surface area contributed by atoms with Gasteiger partial charge >= 0.3 is 5.97 Å². The molecule has 1 aromatic carbocycles. The first-order valence-corrected chi connectivity index (χ1v) is 6.37. The second kappa shape index (κ2) is 4.93. The van der Waals surface area contributed by atoms with Crippen LogP contribution < -0.4 is 5.32 Å². The molecule has 0 bridgehead atoms. The lowest BCUT2D eigenvalue weighted by atomic mass is 9.87. The number of aromatic nitrogens is 2. The molecule has 1 aliphatic heterocycles. The van der Waals surface area contributed by atoms with Gasteiger partial charge in [0.05, 0.1) is 17.0 Å². The predicted molar refractivity (Wildman–Crippen MR) is 71.6 cm³/mol. The van der Waals surface area contributed by atoms with Crippen molar-refractivity contribution in [1.29, 1.82) is 0 Å². The topological polar surface area (TPSA) is 109 Å². The summed E-state index contributed by atoms with van der Waals surface area (Å²) < 4.78 is 0. The Labute approximate surface area is 119 Å². The Morgan fingerprint density at radius 3 is 2.86 bits per heavy atom. The molecule has 1 aromatic heterocycles. The summed E-state index contributed by atoms with van der Waals surface area (Å²) in [4.78, 5) is 42.3. The molecular formula is C14H11N3O4. The van der Waals surface area contributed by atoms with Gasteiger partial charge in [-0.05, 0) is 18.1 Å². The minimum Gasteiger partial charge on any atom is -0.478 e. The molecule has 3 rings (SSSR count). The number of nitrogens with one attached hydrogen (secondary N) is 1. The van der Waals surface area contributed by atoms with Gasteiger partial charge in [-0.25, -0.2) is 14.8 Å². The highest BCUT2D eigenvalue weighted by Gasteiger charge is 2.30. The van der Waals surface area contributed by atoms with Crippen molar-refractivity contribution in [2.24, 2.45) is 0 Å². The van der Waals surface area contributed by atoms with E-state index < -0.39 is 11.9 Å². The molecule has 21 heavy (non-hydrogen) atoms. The molecule has 0 spiro atoms. The molecule has 1 unspecified atom stereocenters. The van der Waals surface area contributed by atoms with Gasteiger partial charge in [-0.3, -0.25) is 14.9 Å². The largest absolute Gasteiger partial charge is 0.478 e. The molecule has 0 saturated carbocycles. The number of piperidine rings is 1. The first-order chi connectivity index (χ1) is 10.1. The Balaban J connectivity index is 2.16. The second-order valence-corrected chi connectivity index (χ2v) is 4.80. The van der Waals surface area contributed by atoms with Gasteiger partial charge in [0.25, 0.3) is 0 Å². The van der Waals surface area contributed by atoms with E-state index >= 15 is 0 Å². The Hall–Kier alpha value is -2.83. The zero-order valence-electron chi connectivity index (χ0n) is 10.9. The van der Waals surface area contributed by atoms with Crippen LogP contribution in [0, 0.1) is 0 Å². The number of amides is 2. The van der Waals surface area contributed by atoms with Crippen molar-refractivity contribution >= 4 is 28.7 Å². The van der Waals surface area contributed by atoms with Crippen LogP contribution in [0.3, 0.4) is 0 Å². The number of carboxylic acid groups (broad SMARTS) is 1. The van der Waals surface area contributed by atoms with Crippen molar-refractivity contribution in [2.45, 2.75) is 18.8 Å². The van der Waals surface area contributed by atoms with E-state index in [1.807, 2.05) is 0 Å². The van der Waals surface area contributed by atoms with Crippen molar-refractivity contribution in [3.05, 3.63) is 35.8 Å². The quantitative estimate of drug-likeness (QED) is 0.792. The number of aromatic carboxylic acids is 1. The lowest BCUT2D eigenvalue weighted by Gasteiger charge is -2.22. The van der Waals surface area contributed by atoms with E-state index in [9.17, 15) is 19.5 Å². The minimum absolute atomic E-state index is 0.0587. The molecule has 7 heteroatoms. The van der Waals surface area contributed by atoms with Crippen LogP contribution in [0.5, 0.6) is 0 Å². The van der Waals surface area contributed by atoms with E-state index in [4.69, 9.17) is 0 Å². The van der Waals surface area contributed by atoms with Crippen molar-refractivity contribution < 1.29 is 19.5 Å². The van der Waals surface area contributed by atoms with E-state index in [1.165, 1.54) is 18.6 Å². The summed E-state index contributed by atoms with van der Waals surface area (Å²) in [6, 6.07) is 3.02. The molecule has 1 aliphatic rings. The molecule has 1 saturated heterocycles. The van der Waals surface area contributed by atoms with E-state index in [0.717, 1.165) is 0 Å². The fourth-order valence-electron chi connectivity index (χ4n) is 2.56. The van der Waals surface area contributed by atoms with Crippen molar-refractivity contribution in [1.82, 2.24) is 15.3 Å². The molecule has 106 valence electrons. The number of carbonyl (C=O) groups is 3. The van der Waals surface area contributed by atoms with Crippen LogP contribution in [-0.2, 0) is 9.59 Å². The summed E-state index contributed by atoms with van der Waals surface area (Å²) in [6.07, 6.45) is 3.41. The van der Waals surface area contributed by atoms with Gasteiger partial charge in [0.1, 0.15) is 6.33 Å². The third-order valence-corrected chi connectivity index (χ3v) is 3.55. The average molecular weight is 285 g/mol. The third kappa shape index (κ3) is 2.22. The first kappa shape index (κ1) is 13.2. The van der Waals surface area contributed by atoms with Gasteiger partial charge in [0.2, 0.25) is 11.8 Å². The second-order valence-electron chi connectivity index (χ2n) is 4.80. The van der Waals surface area contributed by atoms with Crippen molar-refractivity contribution in [3.63, 3.8) is 0 Å². The molecular weight excluding hydrogens is 274 g/mol. The van der Waals surface area contributed by atoms with Gasteiger partial charge in [0.15, 0.2) is 0 Å². The average Bonchev–Trinajstić information content (AvgIpc) is 2.46. The van der Waals surface area contributed by atoms with Crippen LogP contribution in [-0.4, -0.2) is 32.9 Å². The van der Waals surface area contributed by atoms with Crippen LogP contribution >= 0.6 is 0 Å². The highest BCUT2D eigenvalue weighted by molar-refractivity contribution is 6.06. The third-order valence-electron chi connectivity index (χ3n) is 3.55. The summed E-state index contributed by atoms with van der Waals surface area (Å²) >= 11 is 0. The number of imide groups is 1. The smallest absolute Gasteiger partial charge is 0.337 e. The number of fused-ring (bicyclic) bond motifs is 1. The number of nitrogens with zero attached hydrogens (tertiary/aromatic N) is 2. The number of hydrogen-bond donors (Lipinski definition) is 2. The van der Waals surface area contributed by atoms with Crippen LogP contribution in [0.15, 0.2) is 24.7 Å². The summed E-state index contributed by atoms with van der Waals surface area (Å²) in [5.74, 6) is -2.26. The van der Waals surface area contributed by atoms with Gasteiger partial charge in [-0.1, -0.05) is 6.07 Å². The lowest BCUT2D eigenvalue weighted by molar-refractivity contribution is -0.134. The highest BCUT2D eigenvalue weighted by Crippen LogP contribution is 2.31. The summed E-state index contributed by atoms with van der Waals surface area (Å²) in [5, 5.41) is 12.0. The number of carbonyl (C=O) groups excluding carboxylic acids is 2. The Morgan fingerprint density at radius 2 is 2.14 bits per heavy atom. The van der Waals surface area contributed by atoms with E-state index in [-0.39, 0.29) is 23.8 Å². The summed E-state index contributed by atoms with van der Waals surface area (Å²) in [5.41, 5.74) is 0.990. The van der Waals surface area contributed by atoms with Gasteiger partial charge < -0.3 is 5.11 Å². The van der Waals surface area contributed by atoms with Crippen LogP contribution in [0.1, 0.15) is 34.7 Å². The minimum atomic E-state index is -1.09. The molecule has 0 radical (unpaired) electrons. The van der Waals surface area contributed by atoms with Gasteiger partial charge in [0, 0.05) is 18.0 Å². The maximum absolute atomic E-state index is 12.0. The van der Waals surface area contributed by atoms with E-state index in [1.54, 1.807) is 6.07 Å². The van der Waals surface area contributed by atoms with Crippen LogP contribution in [0.4, 0.5) is 0 Å². The number of benzene rings is 1. The fraction of sp³-hybridized carbons (Fsp3) is 0.214. The molecule has 2 N–H and O–H groups in total. The van der Waals surface area contributed by atoms with Gasteiger partial charge in [-0.2, -0.15) is 0 Å². The maximum Gasteiger partial charge on any atom is 0.337 e. The lowest BCUT2D eigenvalue weighted by Crippen LogP contribution is -2.39. The number of carboxylic acids is 1. The van der Waals surface area contributed by atoms with E-state index in [0.29, 0.717) is 22.9 Å². The Bertz CT molecular complexity index is 772. The molecule has 7 nitrogen and oxygen atoms in total. The highest BCUT2D eigenvalue weighted by atomic mass is 16.4. The van der Waals surface area contributed by atoms with Crippen molar-refractivity contribution in [3.8, 4) is 0 Å². The molecule has 2 aromatic rings. The zero-order valence-corrected chi connectivity index (χ0v) is 10.9. The van der Waals surface area contributed by atoms with Crippen LogP contribution in [0.25, 0.3) is 10.9 Å². The standard InChI is InChI=1S/C14H11N3O4/c18-11-4-3-8(13(19)17-11)7-1-2-9(14(20)21)12-10(7)5-15-6-16-12/h1-2,5-6,8H,3-4H2,(H,20,21)(H,17,18,19). The van der Waals surface area contributed by atoms with Crippen LogP contribution in [0.2, 0.25) is 0 Å². The monoisotopic (exact) mass is 285 g/mol. The molecule has 1 atom stereocenters. The molecule has 2 amide bonds. The molecule has 2 heterocycles. The SMILES string of the molecule is O=C1CCC(c2ccc(C(=O)O)c3ncncc23)C(=O)N1. The predicted octanol–water partition coefficient (Wildman–Crippen LogP) is 0.848. The van der Waals surface area contributed by atoms with E-state index in [2.05, 4.69) is 15.3 Å². The zero-order chi connectivity index (χ0) is 15.0.